The van der Waals surface area contributed by atoms with E-state index in [-0.39, 0.29) is 24.1 Å². The standard InChI is InChI=1S/C22H17ClN4O2/c23-15-10-8-14(9-11-15)21(28)27-19-17-6-1-2-7-18(17)26-20(19)22(29)25-13-16-5-3-4-12-24-16/h1-12,26H,13H2,(H,25,29)(H,27,28). The summed E-state index contributed by atoms with van der Waals surface area (Å²) in [5, 5.41) is 6.99. The number of para-hydroxylation sites is 1. The van der Waals surface area contributed by atoms with Crippen LogP contribution in [0, 0.1) is 0 Å². The maximum Gasteiger partial charge on any atom is 0.270 e. The van der Waals surface area contributed by atoms with Crippen LogP contribution < -0.4 is 10.6 Å². The maximum absolute atomic E-state index is 12.8. The Morgan fingerprint density at radius 3 is 2.45 bits per heavy atom. The van der Waals surface area contributed by atoms with Gasteiger partial charge < -0.3 is 15.6 Å². The lowest BCUT2D eigenvalue weighted by Crippen LogP contribution is -2.25. The van der Waals surface area contributed by atoms with Gasteiger partial charge in [-0.25, -0.2) is 0 Å². The molecule has 29 heavy (non-hydrogen) atoms. The summed E-state index contributed by atoms with van der Waals surface area (Å²) >= 11 is 5.89. The molecule has 0 aliphatic heterocycles. The molecule has 4 aromatic rings. The molecule has 2 amide bonds. The Morgan fingerprint density at radius 1 is 0.931 bits per heavy atom. The number of aromatic amines is 1. The molecule has 0 atom stereocenters. The minimum absolute atomic E-state index is 0.277. The molecule has 0 unspecified atom stereocenters. The van der Waals surface area contributed by atoms with Gasteiger partial charge in [0, 0.05) is 27.7 Å². The average molecular weight is 405 g/mol. The first kappa shape index (κ1) is 18.7. The van der Waals surface area contributed by atoms with E-state index in [1.165, 1.54) is 0 Å². The second-order valence-electron chi connectivity index (χ2n) is 6.39. The first-order valence-corrected chi connectivity index (χ1v) is 9.35. The second-order valence-corrected chi connectivity index (χ2v) is 6.82. The number of carbonyl (C=O) groups excluding carboxylic acids is 2. The SMILES string of the molecule is O=C(Nc1c(C(=O)NCc2ccccn2)[nH]c2ccccc12)c1ccc(Cl)cc1. The second kappa shape index (κ2) is 8.16. The molecule has 144 valence electrons. The maximum atomic E-state index is 12.8. The highest BCUT2D eigenvalue weighted by molar-refractivity contribution is 6.30. The number of halogens is 1. The fourth-order valence-corrected chi connectivity index (χ4v) is 3.12. The Bertz CT molecular complexity index is 1170. The van der Waals surface area contributed by atoms with E-state index in [9.17, 15) is 9.59 Å². The average Bonchev–Trinajstić information content (AvgIpc) is 3.12. The van der Waals surface area contributed by atoms with Gasteiger partial charge in [0.05, 0.1) is 17.9 Å². The van der Waals surface area contributed by atoms with Gasteiger partial charge in [-0.3, -0.25) is 14.6 Å². The molecule has 6 nitrogen and oxygen atoms in total. The molecule has 7 heteroatoms. The van der Waals surface area contributed by atoms with Gasteiger partial charge in [-0.1, -0.05) is 35.9 Å². The number of hydrogen-bond acceptors (Lipinski definition) is 3. The summed E-state index contributed by atoms with van der Waals surface area (Å²) in [6, 6.07) is 19.5. The molecule has 0 aliphatic carbocycles. The van der Waals surface area contributed by atoms with Gasteiger partial charge in [0.2, 0.25) is 0 Å². The normalized spacial score (nSPS) is 10.7. The number of pyridine rings is 1. The fourth-order valence-electron chi connectivity index (χ4n) is 2.99. The summed E-state index contributed by atoms with van der Waals surface area (Å²) in [6.07, 6.45) is 1.67. The molecular weight excluding hydrogens is 388 g/mol. The van der Waals surface area contributed by atoms with E-state index in [2.05, 4.69) is 20.6 Å². The number of H-pyrrole nitrogens is 1. The zero-order valence-electron chi connectivity index (χ0n) is 15.3. The number of anilines is 1. The number of amides is 2. The van der Waals surface area contributed by atoms with Crippen molar-refractivity contribution in [2.45, 2.75) is 6.54 Å². The van der Waals surface area contributed by atoms with E-state index in [1.54, 1.807) is 30.5 Å². The smallest absolute Gasteiger partial charge is 0.270 e. The van der Waals surface area contributed by atoms with Crippen LogP contribution >= 0.6 is 11.6 Å². The van der Waals surface area contributed by atoms with Gasteiger partial charge in [0.1, 0.15) is 5.69 Å². The van der Waals surface area contributed by atoms with Gasteiger partial charge >= 0.3 is 0 Å². The number of benzene rings is 2. The van der Waals surface area contributed by atoms with Crippen molar-refractivity contribution >= 4 is 40.0 Å². The van der Waals surface area contributed by atoms with Crippen LogP contribution in [-0.4, -0.2) is 21.8 Å². The van der Waals surface area contributed by atoms with Crippen molar-refractivity contribution in [2.75, 3.05) is 5.32 Å². The van der Waals surface area contributed by atoms with Crippen molar-refractivity contribution in [3.8, 4) is 0 Å². The molecule has 2 aromatic carbocycles. The minimum Gasteiger partial charge on any atom is -0.349 e. The Hall–Kier alpha value is -3.64. The highest BCUT2D eigenvalue weighted by Gasteiger charge is 2.20. The monoisotopic (exact) mass is 404 g/mol. The predicted octanol–water partition coefficient (Wildman–Crippen LogP) is 4.40. The summed E-state index contributed by atoms with van der Waals surface area (Å²) in [5.74, 6) is -0.663. The van der Waals surface area contributed by atoms with Gasteiger partial charge in [-0.05, 0) is 42.5 Å². The van der Waals surface area contributed by atoms with Crippen molar-refractivity contribution in [1.82, 2.24) is 15.3 Å². The van der Waals surface area contributed by atoms with Crippen LogP contribution in [0.15, 0.2) is 72.9 Å². The molecule has 0 saturated heterocycles. The molecule has 4 rings (SSSR count). The summed E-state index contributed by atoms with van der Waals surface area (Å²) in [5.41, 5.74) is 2.65. The van der Waals surface area contributed by atoms with E-state index in [0.29, 0.717) is 16.3 Å². The fraction of sp³-hybridized carbons (Fsp3) is 0.0455. The summed E-state index contributed by atoms with van der Waals surface area (Å²) in [7, 11) is 0. The summed E-state index contributed by atoms with van der Waals surface area (Å²) in [6.45, 7) is 0.277. The van der Waals surface area contributed by atoms with Crippen LogP contribution in [0.5, 0.6) is 0 Å². The van der Waals surface area contributed by atoms with Crippen molar-refractivity contribution < 1.29 is 9.59 Å². The van der Waals surface area contributed by atoms with E-state index in [1.807, 2.05) is 42.5 Å². The van der Waals surface area contributed by atoms with Gasteiger partial charge in [-0.2, -0.15) is 0 Å². The summed E-state index contributed by atoms with van der Waals surface area (Å²) < 4.78 is 0. The Kier molecular flexibility index (Phi) is 5.27. The molecule has 0 saturated carbocycles. The molecule has 0 aliphatic rings. The number of nitrogens with one attached hydrogen (secondary N) is 3. The van der Waals surface area contributed by atoms with E-state index in [0.717, 1.165) is 16.6 Å². The first-order valence-electron chi connectivity index (χ1n) is 8.97. The number of nitrogens with zero attached hydrogens (tertiary/aromatic N) is 1. The molecular formula is C22H17ClN4O2. The first-order chi connectivity index (χ1) is 14.1. The lowest BCUT2D eigenvalue weighted by Gasteiger charge is -2.09. The zero-order chi connectivity index (χ0) is 20.2. The molecule has 0 spiro atoms. The van der Waals surface area contributed by atoms with Crippen LogP contribution in [-0.2, 0) is 6.54 Å². The Balaban J connectivity index is 1.62. The van der Waals surface area contributed by atoms with Crippen LogP contribution in [0.25, 0.3) is 10.9 Å². The van der Waals surface area contributed by atoms with Crippen LogP contribution in [0.3, 0.4) is 0 Å². The largest absolute Gasteiger partial charge is 0.349 e. The Labute approximate surface area is 171 Å². The molecule has 2 heterocycles. The molecule has 0 fully saturated rings. The van der Waals surface area contributed by atoms with E-state index in [4.69, 9.17) is 11.6 Å². The molecule has 3 N–H and O–H groups in total. The highest BCUT2D eigenvalue weighted by Crippen LogP contribution is 2.28. The number of carbonyl (C=O) groups is 2. The highest BCUT2D eigenvalue weighted by atomic mass is 35.5. The quantitative estimate of drug-likeness (QED) is 0.460. The van der Waals surface area contributed by atoms with Crippen molar-refractivity contribution in [3.63, 3.8) is 0 Å². The Morgan fingerprint density at radius 2 is 1.69 bits per heavy atom. The molecule has 0 bridgehead atoms. The molecule has 0 radical (unpaired) electrons. The van der Waals surface area contributed by atoms with Gasteiger partial charge in [0.25, 0.3) is 11.8 Å². The van der Waals surface area contributed by atoms with Crippen molar-refractivity contribution in [1.29, 1.82) is 0 Å². The van der Waals surface area contributed by atoms with Gasteiger partial charge in [-0.15, -0.1) is 0 Å². The lowest BCUT2D eigenvalue weighted by atomic mass is 10.1. The zero-order valence-corrected chi connectivity index (χ0v) is 16.0. The third-order valence-electron chi connectivity index (χ3n) is 4.43. The number of aromatic nitrogens is 2. The predicted molar refractivity (Wildman–Crippen MR) is 113 cm³/mol. The van der Waals surface area contributed by atoms with Crippen LogP contribution in [0.4, 0.5) is 5.69 Å². The third-order valence-corrected chi connectivity index (χ3v) is 4.69. The van der Waals surface area contributed by atoms with Crippen LogP contribution in [0.2, 0.25) is 5.02 Å². The van der Waals surface area contributed by atoms with Gasteiger partial charge in [0.15, 0.2) is 0 Å². The third kappa shape index (κ3) is 4.12. The lowest BCUT2D eigenvalue weighted by molar-refractivity contribution is 0.0947. The van der Waals surface area contributed by atoms with E-state index < -0.39 is 0 Å². The summed E-state index contributed by atoms with van der Waals surface area (Å²) in [4.78, 5) is 32.8. The number of fused-ring (bicyclic) bond motifs is 1. The topological polar surface area (TPSA) is 86.9 Å². The van der Waals surface area contributed by atoms with Crippen LogP contribution in [0.1, 0.15) is 26.5 Å². The molecule has 2 aromatic heterocycles. The number of rotatable bonds is 5. The number of hydrogen-bond donors (Lipinski definition) is 3. The van der Waals surface area contributed by atoms with Crippen molar-refractivity contribution in [3.05, 3.63) is 94.9 Å². The van der Waals surface area contributed by atoms with E-state index >= 15 is 0 Å². The van der Waals surface area contributed by atoms with Crippen molar-refractivity contribution in [2.24, 2.45) is 0 Å². The minimum atomic E-state index is -0.335.